The number of hydrogen-bond acceptors (Lipinski definition) is 2. The Kier molecular flexibility index (Phi) is 3.17. The summed E-state index contributed by atoms with van der Waals surface area (Å²) in [5, 5.41) is 1.23. The van der Waals surface area contributed by atoms with Crippen molar-refractivity contribution in [1.29, 1.82) is 0 Å². The van der Waals surface area contributed by atoms with Crippen LogP contribution < -0.4 is 0 Å². The van der Waals surface area contributed by atoms with Crippen LogP contribution in [0, 0.1) is 0 Å². The zero-order valence-corrected chi connectivity index (χ0v) is 12.0. The molecule has 2 nitrogen and oxygen atoms in total. The lowest BCUT2D eigenvalue weighted by Gasteiger charge is -2.28. The second-order valence-electron chi connectivity index (χ2n) is 5.72. The zero-order valence-electron chi connectivity index (χ0n) is 12.0. The van der Waals surface area contributed by atoms with Gasteiger partial charge in [0.2, 0.25) is 0 Å². The van der Waals surface area contributed by atoms with Crippen molar-refractivity contribution in [3.05, 3.63) is 77.5 Å². The summed E-state index contributed by atoms with van der Waals surface area (Å²) in [5.74, 6) is 0. The molecule has 1 aromatic heterocycles. The van der Waals surface area contributed by atoms with E-state index in [0.29, 0.717) is 0 Å². The lowest BCUT2D eigenvalue weighted by molar-refractivity contribution is 0.246. The van der Waals surface area contributed by atoms with Crippen LogP contribution in [0.4, 0.5) is 0 Å². The molecule has 104 valence electrons. The minimum Gasteiger partial charge on any atom is -0.294 e. The third kappa shape index (κ3) is 2.43. The van der Waals surface area contributed by atoms with Crippen molar-refractivity contribution < 1.29 is 0 Å². The predicted molar refractivity (Wildman–Crippen MR) is 86.0 cm³/mol. The lowest BCUT2D eigenvalue weighted by Crippen LogP contribution is -2.30. The van der Waals surface area contributed by atoms with Crippen LogP contribution in [0.15, 0.2) is 60.8 Å². The maximum atomic E-state index is 4.56. The van der Waals surface area contributed by atoms with Crippen molar-refractivity contribution in [3.8, 4) is 0 Å². The molecular formula is C19H18N2. The molecule has 21 heavy (non-hydrogen) atoms. The minimum atomic E-state index is 0.975. The van der Waals surface area contributed by atoms with Crippen LogP contribution in [0.5, 0.6) is 0 Å². The predicted octanol–water partition coefficient (Wildman–Crippen LogP) is 3.79. The van der Waals surface area contributed by atoms with E-state index >= 15 is 0 Å². The van der Waals surface area contributed by atoms with E-state index in [1.165, 1.54) is 22.1 Å². The van der Waals surface area contributed by atoms with E-state index in [1.807, 2.05) is 12.3 Å². The average molecular weight is 274 g/mol. The number of para-hydroxylation sites is 1. The van der Waals surface area contributed by atoms with Crippen molar-refractivity contribution in [3.63, 3.8) is 0 Å². The molecule has 0 unspecified atom stereocenters. The molecule has 0 fully saturated rings. The van der Waals surface area contributed by atoms with E-state index in [4.69, 9.17) is 0 Å². The molecule has 0 spiro atoms. The number of pyridine rings is 1. The number of nitrogens with zero attached hydrogens (tertiary/aromatic N) is 2. The summed E-state index contributed by atoms with van der Waals surface area (Å²) in [5.41, 5.74) is 5.44. The molecule has 0 atom stereocenters. The number of hydrogen-bond donors (Lipinski definition) is 0. The molecule has 0 amide bonds. The summed E-state index contributed by atoms with van der Waals surface area (Å²) < 4.78 is 0. The zero-order chi connectivity index (χ0) is 14.1. The Bertz CT molecular complexity index is 774. The first kappa shape index (κ1) is 12.5. The average Bonchev–Trinajstić information content (AvgIpc) is 2.55. The van der Waals surface area contributed by atoms with Gasteiger partial charge < -0.3 is 0 Å². The SMILES string of the molecule is c1ccc2c(c1)CCN(Cc1cccc3cccnc13)C2. The first-order chi connectivity index (χ1) is 10.4. The highest BCUT2D eigenvalue weighted by Gasteiger charge is 2.16. The van der Waals surface area contributed by atoms with Crippen LogP contribution >= 0.6 is 0 Å². The highest BCUT2D eigenvalue weighted by atomic mass is 15.1. The van der Waals surface area contributed by atoms with Crippen molar-refractivity contribution in [2.45, 2.75) is 19.5 Å². The van der Waals surface area contributed by atoms with Crippen molar-refractivity contribution in [1.82, 2.24) is 9.88 Å². The van der Waals surface area contributed by atoms with E-state index < -0.39 is 0 Å². The third-order valence-corrected chi connectivity index (χ3v) is 4.32. The van der Waals surface area contributed by atoms with Gasteiger partial charge in [-0.3, -0.25) is 9.88 Å². The van der Waals surface area contributed by atoms with E-state index in [0.717, 1.165) is 31.6 Å². The summed E-state index contributed by atoms with van der Waals surface area (Å²) in [6.45, 7) is 3.14. The van der Waals surface area contributed by atoms with Crippen LogP contribution in [0.25, 0.3) is 10.9 Å². The van der Waals surface area contributed by atoms with Gasteiger partial charge in [-0.25, -0.2) is 0 Å². The maximum absolute atomic E-state index is 4.56. The molecule has 0 N–H and O–H groups in total. The second kappa shape index (κ2) is 5.30. The third-order valence-electron chi connectivity index (χ3n) is 4.32. The lowest BCUT2D eigenvalue weighted by atomic mass is 9.99. The van der Waals surface area contributed by atoms with E-state index in [-0.39, 0.29) is 0 Å². The van der Waals surface area contributed by atoms with Gasteiger partial charge in [-0.05, 0) is 29.2 Å². The van der Waals surface area contributed by atoms with E-state index in [2.05, 4.69) is 58.4 Å². The Morgan fingerprint density at radius 3 is 2.71 bits per heavy atom. The molecule has 0 saturated heterocycles. The summed E-state index contributed by atoms with van der Waals surface area (Å²) >= 11 is 0. The minimum absolute atomic E-state index is 0.975. The molecule has 2 aromatic carbocycles. The molecule has 0 bridgehead atoms. The second-order valence-corrected chi connectivity index (χ2v) is 5.72. The fraction of sp³-hybridized carbons (Fsp3) is 0.211. The van der Waals surface area contributed by atoms with Crippen LogP contribution in [0.3, 0.4) is 0 Å². The summed E-state index contributed by atoms with van der Waals surface area (Å²) in [7, 11) is 0. The van der Waals surface area contributed by atoms with Gasteiger partial charge in [-0.15, -0.1) is 0 Å². The van der Waals surface area contributed by atoms with Crippen LogP contribution in [0.1, 0.15) is 16.7 Å². The summed E-state index contributed by atoms with van der Waals surface area (Å²) in [4.78, 5) is 7.08. The van der Waals surface area contributed by atoms with Gasteiger partial charge in [0.25, 0.3) is 0 Å². The van der Waals surface area contributed by atoms with Gasteiger partial charge in [0, 0.05) is 31.2 Å². The van der Waals surface area contributed by atoms with Crippen molar-refractivity contribution in [2.24, 2.45) is 0 Å². The van der Waals surface area contributed by atoms with Crippen molar-refractivity contribution >= 4 is 10.9 Å². The van der Waals surface area contributed by atoms with E-state index in [1.54, 1.807) is 0 Å². The molecule has 0 radical (unpaired) electrons. The largest absolute Gasteiger partial charge is 0.294 e. The molecule has 1 aliphatic rings. The number of rotatable bonds is 2. The van der Waals surface area contributed by atoms with Gasteiger partial charge in [0.05, 0.1) is 5.52 Å². The van der Waals surface area contributed by atoms with Crippen LogP contribution in [0.2, 0.25) is 0 Å². The summed E-state index contributed by atoms with van der Waals surface area (Å²) in [6, 6.07) is 19.4. The molecule has 2 heterocycles. The topological polar surface area (TPSA) is 16.1 Å². The van der Waals surface area contributed by atoms with Gasteiger partial charge in [-0.2, -0.15) is 0 Å². The molecule has 4 rings (SSSR count). The van der Waals surface area contributed by atoms with Gasteiger partial charge in [0.15, 0.2) is 0 Å². The Morgan fingerprint density at radius 2 is 1.76 bits per heavy atom. The first-order valence-electron chi connectivity index (χ1n) is 7.52. The molecule has 1 aliphatic heterocycles. The number of aromatic nitrogens is 1. The standard InChI is InChI=1S/C19H18N2/c1-2-6-17-13-21(12-10-15(17)5-1)14-18-8-3-7-16-9-4-11-20-19(16)18/h1-9,11H,10,12-14H2. The molecular weight excluding hydrogens is 256 g/mol. The Labute approximate surface area is 125 Å². The molecule has 3 aromatic rings. The maximum Gasteiger partial charge on any atom is 0.0746 e. The molecule has 0 saturated carbocycles. The fourth-order valence-electron chi connectivity index (χ4n) is 3.23. The van der Waals surface area contributed by atoms with Gasteiger partial charge >= 0.3 is 0 Å². The van der Waals surface area contributed by atoms with Crippen LogP contribution in [-0.4, -0.2) is 16.4 Å². The van der Waals surface area contributed by atoms with Crippen molar-refractivity contribution in [2.75, 3.05) is 6.54 Å². The Morgan fingerprint density at radius 1 is 0.905 bits per heavy atom. The van der Waals surface area contributed by atoms with Crippen LogP contribution in [-0.2, 0) is 19.5 Å². The number of benzene rings is 2. The Balaban J connectivity index is 1.62. The van der Waals surface area contributed by atoms with Gasteiger partial charge in [0.1, 0.15) is 0 Å². The number of fused-ring (bicyclic) bond motifs is 2. The quantitative estimate of drug-likeness (QED) is 0.706. The highest BCUT2D eigenvalue weighted by Crippen LogP contribution is 2.23. The fourth-order valence-corrected chi connectivity index (χ4v) is 3.23. The first-order valence-corrected chi connectivity index (χ1v) is 7.52. The van der Waals surface area contributed by atoms with E-state index in [9.17, 15) is 0 Å². The smallest absolute Gasteiger partial charge is 0.0746 e. The molecule has 0 aliphatic carbocycles. The highest BCUT2D eigenvalue weighted by molar-refractivity contribution is 5.81. The Hall–Kier alpha value is -2.19. The molecule has 2 heteroatoms. The monoisotopic (exact) mass is 274 g/mol. The normalized spacial score (nSPS) is 15.0. The summed E-state index contributed by atoms with van der Waals surface area (Å²) in [6.07, 6.45) is 3.03. The van der Waals surface area contributed by atoms with Gasteiger partial charge in [-0.1, -0.05) is 48.5 Å².